The maximum Gasteiger partial charge on any atom is 0.162 e. The number of rotatable bonds is 9. The van der Waals surface area contributed by atoms with Crippen LogP contribution in [0.25, 0.3) is 0 Å². The summed E-state index contributed by atoms with van der Waals surface area (Å²) < 4.78 is 5.82. The minimum absolute atomic E-state index is 0.174. The molecule has 0 bridgehead atoms. The van der Waals surface area contributed by atoms with Crippen molar-refractivity contribution in [1.82, 2.24) is 9.80 Å². The molecule has 0 unspecified atom stereocenters. The average molecular weight is 367 g/mol. The summed E-state index contributed by atoms with van der Waals surface area (Å²) in [4.78, 5) is 16.7. The van der Waals surface area contributed by atoms with Crippen molar-refractivity contribution in [2.75, 3.05) is 39.3 Å². The molecule has 1 heterocycles. The number of hydrogen-bond donors (Lipinski definition) is 0. The van der Waals surface area contributed by atoms with Gasteiger partial charge in [0.25, 0.3) is 0 Å². The number of ketones is 1. The molecule has 1 fully saturated rings. The van der Waals surface area contributed by atoms with Crippen LogP contribution < -0.4 is 4.74 Å². The standard InChI is InChI=1S/C23H30N2O2/c1-2-23(26)21-9-11-22(12-10-21)27-18-6-13-24-14-16-25(17-15-24)19-20-7-4-3-5-8-20/h3-5,7-12H,2,6,13-19H2,1H3. The lowest BCUT2D eigenvalue weighted by Crippen LogP contribution is -2.46. The second-order valence-corrected chi connectivity index (χ2v) is 7.11. The molecule has 0 aliphatic carbocycles. The Labute approximate surface area is 162 Å². The molecule has 0 N–H and O–H groups in total. The van der Waals surface area contributed by atoms with Crippen molar-refractivity contribution in [3.63, 3.8) is 0 Å². The molecule has 1 aliphatic rings. The maximum atomic E-state index is 11.6. The van der Waals surface area contributed by atoms with Gasteiger partial charge >= 0.3 is 0 Å². The van der Waals surface area contributed by atoms with Crippen molar-refractivity contribution >= 4 is 5.78 Å². The van der Waals surface area contributed by atoms with Gasteiger partial charge in [0.2, 0.25) is 0 Å². The van der Waals surface area contributed by atoms with Gasteiger partial charge in [-0.2, -0.15) is 0 Å². The van der Waals surface area contributed by atoms with Gasteiger partial charge in [-0.3, -0.25) is 9.69 Å². The number of carbonyl (C=O) groups is 1. The van der Waals surface area contributed by atoms with Gasteiger partial charge in [-0.1, -0.05) is 37.3 Å². The van der Waals surface area contributed by atoms with Gasteiger partial charge in [0.15, 0.2) is 5.78 Å². The molecule has 4 heteroatoms. The number of piperazine rings is 1. The highest BCUT2D eigenvalue weighted by Gasteiger charge is 2.16. The molecule has 0 aromatic heterocycles. The second-order valence-electron chi connectivity index (χ2n) is 7.11. The van der Waals surface area contributed by atoms with Crippen LogP contribution >= 0.6 is 0 Å². The zero-order valence-corrected chi connectivity index (χ0v) is 16.3. The first kappa shape index (κ1) is 19.6. The fourth-order valence-electron chi connectivity index (χ4n) is 3.43. The van der Waals surface area contributed by atoms with Gasteiger partial charge in [-0.25, -0.2) is 0 Å². The van der Waals surface area contributed by atoms with E-state index in [-0.39, 0.29) is 5.78 Å². The molecular formula is C23H30N2O2. The second kappa shape index (κ2) is 10.2. The molecule has 4 nitrogen and oxygen atoms in total. The summed E-state index contributed by atoms with van der Waals surface area (Å²) in [6, 6.07) is 18.2. The van der Waals surface area contributed by atoms with Crippen LogP contribution in [0.2, 0.25) is 0 Å². The number of benzene rings is 2. The number of Topliss-reactive ketones (excluding diaryl/α,β-unsaturated/α-hetero) is 1. The minimum atomic E-state index is 0.174. The van der Waals surface area contributed by atoms with Gasteiger partial charge in [-0.05, 0) is 36.2 Å². The highest BCUT2D eigenvalue weighted by Crippen LogP contribution is 2.14. The molecule has 0 radical (unpaired) electrons. The third kappa shape index (κ3) is 6.19. The molecule has 1 aliphatic heterocycles. The van der Waals surface area contributed by atoms with Crippen LogP contribution in [0.3, 0.4) is 0 Å². The SMILES string of the molecule is CCC(=O)c1ccc(OCCCN2CCN(Cc3ccccc3)CC2)cc1. The Morgan fingerprint density at radius 2 is 1.59 bits per heavy atom. The van der Waals surface area contributed by atoms with Crippen LogP contribution in [-0.2, 0) is 6.54 Å². The summed E-state index contributed by atoms with van der Waals surface area (Å²) >= 11 is 0. The van der Waals surface area contributed by atoms with Gasteiger partial charge in [0.1, 0.15) is 5.75 Å². The normalized spacial score (nSPS) is 15.6. The summed E-state index contributed by atoms with van der Waals surface area (Å²) in [5.41, 5.74) is 2.16. The molecule has 27 heavy (non-hydrogen) atoms. The molecule has 0 spiro atoms. The quantitative estimate of drug-likeness (QED) is 0.498. The Morgan fingerprint density at radius 1 is 0.926 bits per heavy atom. The molecule has 0 amide bonds. The third-order valence-electron chi connectivity index (χ3n) is 5.10. The molecule has 0 atom stereocenters. The van der Waals surface area contributed by atoms with E-state index in [1.165, 1.54) is 5.56 Å². The summed E-state index contributed by atoms with van der Waals surface area (Å²) in [6.45, 7) is 9.23. The summed E-state index contributed by atoms with van der Waals surface area (Å²) in [5.74, 6) is 1.02. The van der Waals surface area contributed by atoms with E-state index >= 15 is 0 Å². The van der Waals surface area contributed by atoms with Crippen LogP contribution in [0.4, 0.5) is 0 Å². The fraction of sp³-hybridized carbons (Fsp3) is 0.435. The van der Waals surface area contributed by atoms with E-state index in [2.05, 4.69) is 40.1 Å². The summed E-state index contributed by atoms with van der Waals surface area (Å²) in [5, 5.41) is 0. The number of nitrogens with zero attached hydrogens (tertiary/aromatic N) is 2. The zero-order chi connectivity index (χ0) is 18.9. The topological polar surface area (TPSA) is 32.8 Å². The Hall–Kier alpha value is -2.17. The first-order valence-electron chi connectivity index (χ1n) is 9.99. The van der Waals surface area contributed by atoms with Gasteiger partial charge in [0, 0.05) is 51.3 Å². The van der Waals surface area contributed by atoms with Crippen molar-refractivity contribution in [2.24, 2.45) is 0 Å². The molecule has 1 saturated heterocycles. The first-order valence-corrected chi connectivity index (χ1v) is 9.99. The lowest BCUT2D eigenvalue weighted by atomic mass is 10.1. The highest BCUT2D eigenvalue weighted by molar-refractivity contribution is 5.95. The van der Waals surface area contributed by atoms with Gasteiger partial charge in [-0.15, -0.1) is 0 Å². The molecule has 2 aromatic carbocycles. The Kier molecular flexibility index (Phi) is 7.43. The lowest BCUT2D eigenvalue weighted by Gasteiger charge is -2.34. The van der Waals surface area contributed by atoms with Crippen molar-refractivity contribution < 1.29 is 9.53 Å². The monoisotopic (exact) mass is 366 g/mol. The molecule has 144 valence electrons. The Balaban J connectivity index is 1.31. The average Bonchev–Trinajstić information content (AvgIpc) is 2.73. The van der Waals surface area contributed by atoms with Gasteiger partial charge in [0.05, 0.1) is 6.61 Å². The molecular weight excluding hydrogens is 336 g/mol. The predicted octanol–water partition coefficient (Wildman–Crippen LogP) is 3.87. The van der Waals surface area contributed by atoms with Gasteiger partial charge < -0.3 is 9.64 Å². The summed E-state index contributed by atoms with van der Waals surface area (Å²) in [6.07, 6.45) is 1.56. The van der Waals surface area contributed by atoms with E-state index < -0.39 is 0 Å². The van der Waals surface area contributed by atoms with Crippen LogP contribution in [0.1, 0.15) is 35.7 Å². The first-order chi connectivity index (χ1) is 13.2. The number of ether oxygens (including phenoxy) is 1. The Morgan fingerprint density at radius 3 is 2.26 bits per heavy atom. The number of hydrogen-bond acceptors (Lipinski definition) is 4. The molecule has 0 saturated carbocycles. The predicted molar refractivity (Wildman–Crippen MR) is 109 cm³/mol. The number of carbonyl (C=O) groups excluding carboxylic acids is 1. The van der Waals surface area contributed by atoms with Crippen LogP contribution in [0.5, 0.6) is 5.75 Å². The third-order valence-corrected chi connectivity index (χ3v) is 5.10. The van der Waals surface area contributed by atoms with Crippen LogP contribution in [0.15, 0.2) is 54.6 Å². The maximum absolute atomic E-state index is 11.6. The minimum Gasteiger partial charge on any atom is -0.494 e. The van der Waals surface area contributed by atoms with E-state index in [0.29, 0.717) is 13.0 Å². The summed E-state index contributed by atoms with van der Waals surface area (Å²) in [7, 11) is 0. The largest absolute Gasteiger partial charge is 0.494 e. The Bertz CT molecular complexity index is 692. The van der Waals surface area contributed by atoms with Crippen molar-refractivity contribution in [3.8, 4) is 5.75 Å². The van der Waals surface area contributed by atoms with E-state index in [0.717, 1.165) is 57.0 Å². The van der Waals surface area contributed by atoms with Crippen LogP contribution in [0, 0.1) is 0 Å². The molecule has 3 rings (SSSR count). The lowest BCUT2D eigenvalue weighted by molar-refractivity contribution is 0.0988. The molecule has 2 aromatic rings. The van der Waals surface area contributed by atoms with Crippen molar-refractivity contribution in [3.05, 3.63) is 65.7 Å². The smallest absolute Gasteiger partial charge is 0.162 e. The van der Waals surface area contributed by atoms with Crippen LogP contribution in [-0.4, -0.2) is 54.9 Å². The highest BCUT2D eigenvalue weighted by atomic mass is 16.5. The van der Waals surface area contributed by atoms with Crippen molar-refractivity contribution in [2.45, 2.75) is 26.3 Å². The van der Waals surface area contributed by atoms with E-state index in [1.54, 1.807) is 0 Å². The van der Waals surface area contributed by atoms with E-state index in [9.17, 15) is 4.79 Å². The van der Waals surface area contributed by atoms with E-state index in [4.69, 9.17) is 4.74 Å². The van der Waals surface area contributed by atoms with E-state index in [1.807, 2.05) is 31.2 Å². The zero-order valence-electron chi connectivity index (χ0n) is 16.3. The fourth-order valence-corrected chi connectivity index (χ4v) is 3.43. The van der Waals surface area contributed by atoms with Crippen molar-refractivity contribution in [1.29, 1.82) is 0 Å².